The summed E-state index contributed by atoms with van der Waals surface area (Å²) in [5, 5.41) is 0.345. The van der Waals surface area contributed by atoms with Crippen LogP contribution in [0.4, 0.5) is 4.39 Å². The van der Waals surface area contributed by atoms with Gasteiger partial charge in [-0.2, -0.15) is 0 Å². The van der Waals surface area contributed by atoms with Crippen LogP contribution in [0.1, 0.15) is 10.4 Å². The summed E-state index contributed by atoms with van der Waals surface area (Å²) in [4.78, 5) is 11.4. The Balaban J connectivity index is 2.36. The monoisotopic (exact) mass is 377 g/mol. The molecule has 2 aromatic rings. The van der Waals surface area contributed by atoms with Gasteiger partial charge in [0.1, 0.15) is 16.5 Å². The molecule has 122 valence electrons. The molecule has 0 bridgehead atoms. The Labute approximate surface area is 142 Å². The first-order chi connectivity index (χ1) is 10.7. The van der Waals surface area contributed by atoms with E-state index in [2.05, 4.69) is 0 Å². The molecule has 0 spiro atoms. The summed E-state index contributed by atoms with van der Waals surface area (Å²) < 4.78 is 44.8. The summed E-state index contributed by atoms with van der Waals surface area (Å²) >= 11 is 11.3. The maximum absolute atomic E-state index is 13.7. The van der Waals surface area contributed by atoms with E-state index in [0.717, 1.165) is 12.1 Å². The molecule has 23 heavy (non-hydrogen) atoms. The van der Waals surface area contributed by atoms with E-state index in [0.29, 0.717) is 5.02 Å². The quantitative estimate of drug-likeness (QED) is 0.887. The molecule has 0 atom stereocenters. The van der Waals surface area contributed by atoms with Gasteiger partial charge in [0.05, 0.1) is 12.7 Å². The van der Waals surface area contributed by atoms with E-state index in [9.17, 15) is 17.6 Å². The highest BCUT2D eigenvalue weighted by atomic mass is 35.5. The molecule has 5 nitrogen and oxygen atoms in total. The molecule has 1 N–H and O–H groups in total. The lowest BCUT2D eigenvalue weighted by atomic mass is 10.2. The topological polar surface area (TPSA) is 72.5 Å². The van der Waals surface area contributed by atoms with E-state index < -0.39 is 26.6 Å². The molecule has 0 aromatic heterocycles. The largest absolute Gasteiger partial charge is 0.496 e. The minimum Gasteiger partial charge on any atom is -0.496 e. The molecule has 0 heterocycles. The predicted octanol–water partition coefficient (Wildman–Crippen LogP) is 3.26. The van der Waals surface area contributed by atoms with Crippen molar-refractivity contribution in [1.29, 1.82) is 0 Å². The van der Waals surface area contributed by atoms with Crippen LogP contribution in [0.15, 0.2) is 41.3 Å². The van der Waals surface area contributed by atoms with Crippen LogP contribution in [0.3, 0.4) is 0 Å². The van der Waals surface area contributed by atoms with E-state index in [4.69, 9.17) is 27.9 Å². The molecule has 0 aliphatic rings. The molecule has 0 unspecified atom stereocenters. The lowest BCUT2D eigenvalue weighted by Gasteiger charge is -2.11. The van der Waals surface area contributed by atoms with Crippen molar-refractivity contribution in [2.24, 2.45) is 0 Å². The first-order valence-corrected chi connectivity index (χ1v) is 8.34. The van der Waals surface area contributed by atoms with Crippen molar-refractivity contribution in [3.63, 3.8) is 0 Å². The Morgan fingerprint density at radius 1 is 1.13 bits per heavy atom. The second-order valence-electron chi connectivity index (χ2n) is 4.35. The van der Waals surface area contributed by atoms with Crippen LogP contribution in [0.2, 0.25) is 10.0 Å². The minimum absolute atomic E-state index is 0.0344. The van der Waals surface area contributed by atoms with Crippen LogP contribution in [0.25, 0.3) is 0 Å². The fraction of sp³-hybridized carbons (Fsp3) is 0.0714. The molecule has 0 aliphatic carbocycles. The first-order valence-electron chi connectivity index (χ1n) is 6.10. The lowest BCUT2D eigenvalue weighted by Crippen LogP contribution is -2.31. The number of amides is 1. The zero-order valence-electron chi connectivity index (χ0n) is 11.6. The predicted molar refractivity (Wildman–Crippen MR) is 84.1 cm³/mol. The molecular formula is C14H10Cl2FNO4S. The van der Waals surface area contributed by atoms with E-state index >= 15 is 0 Å². The molecule has 0 saturated carbocycles. The Bertz CT molecular complexity index is 871. The van der Waals surface area contributed by atoms with Gasteiger partial charge in [-0.1, -0.05) is 23.2 Å². The van der Waals surface area contributed by atoms with Crippen LogP contribution in [0.5, 0.6) is 5.75 Å². The summed E-state index contributed by atoms with van der Waals surface area (Å²) in [7, 11) is -3.11. The third-order valence-corrected chi connectivity index (χ3v) is 4.65. The highest BCUT2D eigenvalue weighted by Gasteiger charge is 2.24. The van der Waals surface area contributed by atoms with Crippen LogP contribution in [0, 0.1) is 5.82 Å². The van der Waals surface area contributed by atoms with Crippen LogP contribution in [-0.4, -0.2) is 21.4 Å². The maximum Gasteiger partial charge on any atom is 0.268 e. The first kappa shape index (κ1) is 17.5. The molecule has 9 heteroatoms. The second kappa shape index (κ2) is 6.74. The molecule has 1 amide bonds. The van der Waals surface area contributed by atoms with Crippen LogP contribution < -0.4 is 9.46 Å². The fourth-order valence-electron chi connectivity index (χ4n) is 1.78. The number of sulfonamides is 1. The molecule has 2 rings (SSSR count). The minimum atomic E-state index is -4.41. The molecule has 0 saturated heterocycles. The number of carbonyl (C=O) groups is 1. The average molecular weight is 378 g/mol. The van der Waals surface area contributed by atoms with Crippen molar-refractivity contribution >= 4 is 39.1 Å². The summed E-state index contributed by atoms with van der Waals surface area (Å²) in [6.07, 6.45) is 0. The maximum atomic E-state index is 13.7. The Kier molecular flexibility index (Phi) is 5.13. The zero-order chi connectivity index (χ0) is 17.2. The van der Waals surface area contributed by atoms with E-state index in [-0.39, 0.29) is 16.3 Å². The highest BCUT2D eigenvalue weighted by molar-refractivity contribution is 7.90. The van der Waals surface area contributed by atoms with Gasteiger partial charge in [0.15, 0.2) is 0 Å². The SMILES string of the molecule is COc1cc(Cl)ccc1C(=O)NS(=O)(=O)c1ccc(Cl)cc1F. The number of benzene rings is 2. The molecule has 2 aromatic carbocycles. The van der Waals surface area contributed by atoms with Gasteiger partial charge in [-0.05, 0) is 36.4 Å². The molecular weight excluding hydrogens is 368 g/mol. The van der Waals surface area contributed by atoms with Crippen molar-refractivity contribution in [3.05, 3.63) is 57.8 Å². The van der Waals surface area contributed by atoms with Crippen molar-refractivity contribution in [1.82, 2.24) is 4.72 Å². The summed E-state index contributed by atoms with van der Waals surface area (Å²) in [6.45, 7) is 0. The van der Waals surface area contributed by atoms with E-state index in [1.165, 1.54) is 31.4 Å². The van der Waals surface area contributed by atoms with Crippen LogP contribution in [-0.2, 0) is 10.0 Å². The highest BCUT2D eigenvalue weighted by Crippen LogP contribution is 2.24. The molecule has 0 aliphatic heterocycles. The van der Waals surface area contributed by atoms with Gasteiger partial charge in [-0.3, -0.25) is 4.79 Å². The number of hydrogen-bond donors (Lipinski definition) is 1. The van der Waals surface area contributed by atoms with Gasteiger partial charge in [-0.15, -0.1) is 0 Å². The standard InChI is InChI=1S/C14H10Cl2FNO4S/c1-22-12-7-9(16)2-4-10(12)14(19)18-23(20,21)13-5-3-8(15)6-11(13)17/h2-7H,1H3,(H,18,19). The van der Waals surface area contributed by atoms with E-state index in [1.807, 2.05) is 0 Å². The zero-order valence-corrected chi connectivity index (χ0v) is 14.0. The number of ether oxygens (including phenoxy) is 1. The molecule has 0 fully saturated rings. The van der Waals surface area contributed by atoms with Gasteiger partial charge in [0.25, 0.3) is 15.9 Å². The normalized spacial score (nSPS) is 11.1. The van der Waals surface area contributed by atoms with Crippen LogP contribution >= 0.6 is 23.2 Å². The van der Waals surface area contributed by atoms with Gasteiger partial charge in [0, 0.05) is 10.0 Å². The molecule has 0 radical (unpaired) electrons. The van der Waals surface area contributed by atoms with Gasteiger partial charge in [0.2, 0.25) is 0 Å². The number of rotatable bonds is 4. The average Bonchev–Trinajstić information content (AvgIpc) is 2.45. The second-order valence-corrected chi connectivity index (χ2v) is 6.88. The summed E-state index contributed by atoms with van der Waals surface area (Å²) in [5.74, 6) is -1.96. The van der Waals surface area contributed by atoms with E-state index in [1.54, 1.807) is 4.72 Å². The van der Waals surface area contributed by atoms with Gasteiger partial charge >= 0.3 is 0 Å². The van der Waals surface area contributed by atoms with Crippen molar-refractivity contribution < 1.29 is 22.3 Å². The number of halogens is 3. The fourth-order valence-corrected chi connectivity index (χ4v) is 3.13. The Morgan fingerprint density at radius 2 is 1.74 bits per heavy atom. The van der Waals surface area contributed by atoms with Crippen molar-refractivity contribution in [2.75, 3.05) is 7.11 Å². The lowest BCUT2D eigenvalue weighted by molar-refractivity contribution is 0.0978. The number of methoxy groups -OCH3 is 1. The van der Waals surface area contributed by atoms with Gasteiger partial charge < -0.3 is 4.74 Å². The van der Waals surface area contributed by atoms with Crippen molar-refractivity contribution in [2.45, 2.75) is 4.90 Å². The van der Waals surface area contributed by atoms with Gasteiger partial charge in [-0.25, -0.2) is 17.5 Å². The summed E-state index contributed by atoms with van der Waals surface area (Å²) in [6, 6.07) is 7.05. The Hall–Kier alpha value is -1.83. The smallest absolute Gasteiger partial charge is 0.268 e. The third kappa shape index (κ3) is 3.93. The third-order valence-electron chi connectivity index (χ3n) is 2.82. The number of carbonyl (C=O) groups excluding carboxylic acids is 1. The Morgan fingerprint density at radius 3 is 2.35 bits per heavy atom. The summed E-state index contributed by atoms with van der Waals surface area (Å²) in [5.41, 5.74) is -0.0603. The van der Waals surface area contributed by atoms with Crippen molar-refractivity contribution in [3.8, 4) is 5.75 Å². The number of hydrogen-bond acceptors (Lipinski definition) is 4. The number of nitrogens with one attached hydrogen (secondary N) is 1.